The summed E-state index contributed by atoms with van der Waals surface area (Å²) < 4.78 is 31.7. The van der Waals surface area contributed by atoms with Gasteiger partial charge in [-0.15, -0.1) is 0 Å². The highest BCUT2D eigenvalue weighted by Crippen LogP contribution is 2.23. The van der Waals surface area contributed by atoms with Crippen molar-refractivity contribution in [2.24, 2.45) is 5.92 Å². The van der Waals surface area contributed by atoms with Gasteiger partial charge < -0.3 is 10.1 Å². The van der Waals surface area contributed by atoms with E-state index in [2.05, 4.69) is 17.0 Å². The highest BCUT2D eigenvalue weighted by atomic mass is 32.2. The van der Waals surface area contributed by atoms with Crippen LogP contribution in [0.15, 0.2) is 29.2 Å². The van der Waals surface area contributed by atoms with Crippen LogP contribution in [0.4, 0.5) is 0 Å². The van der Waals surface area contributed by atoms with E-state index < -0.39 is 22.1 Å². The molecule has 1 aliphatic carbocycles. The maximum Gasteiger partial charge on any atom is 0.338 e. The summed E-state index contributed by atoms with van der Waals surface area (Å²) in [6.45, 7) is 3.62. The van der Waals surface area contributed by atoms with Crippen molar-refractivity contribution in [2.45, 2.75) is 63.0 Å². The molecule has 0 aliphatic heterocycles. The highest BCUT2D eigenvalue weighted by molar-refractivity contribution is 7.89. The van der Waals surface area contributed by atoms with Crippen LogP contribution < -0.4 is 10.0 Å². The summed E-state index contributed by atoms with van der Waals surface area (Å²) in [6, 6.07) is 7.16. The Balaban J connectivity index is 1.92. The van der Waals surface area contributed by atoms with Gasteiger partial charge in [-0.1, -0.05) is 19.8 Å². The van der Waals surface area contributed by atoms with Crippen LogP contribution in [0, 0.1) is 17.2 Å². The second-order valence-corrected chi connectivity index (χ2v) is 9.02. The predicted molar refractivity (Wildman–Crippen MR) is 106 cm³/mol. The number of benzene rings is 1. The van der Waals surface area contributed by atoms with E-state index in [0.29, 0.717) is 5.92 Å². The second-order valence-electron chi connectivity index (χ2n) is 7.25. The molecule has 1 aromatic carbocycles. The molecule has 0 aromatic heterocycles. The number of carbonyl (C=O) groups is 2. The van der Waals surface area contributed by atoms with Crippen molar-refractivity contribution < 1.29 is 22.7 Å². The maximum atomic E-state index is 12.3. The lowest BCUT2D eigenvalue weighted by molar-refractivity contribution is -0.130. The van der Waals surface area contributed by atoms with Gasteiger partial charge in [0.2, 0.25) is 10.0 Å². The first kappa shape index (κ1) is 22.8. The minimum absolute atomic E-state index is 0.00879. The SMILES string of the molecule is C[C@@H]1CCCC[C@H]1NC(=O)[C@@H](C)OC(=O)c1ccc(S(=O)(=O)NCCC#N)cc1. The number of nitrogens with zero attached hydrogens (tertiary/aromatic N) is 1. The van der Waals surface area contributed by atoms with Crippen LogP contribution in [-0.2, 0) is 19.6 Å². The molecular weight excluding hydrogens is 394 g/mol. The first-order valence-corrected chi connectivity index (χ1v) is 11.2. The van der Waals surface area contributed by atoms with E-state index in [1.54, 1.807) is 0 Å². The maximum absolute atomic E-state index is 12.3. The van der Waals surface area contributed by atoms with Gasteiger partial charge in [0.1, 0.15) is 0 Å². The van der Waals surface area contributed by atoms with E-state index in [-0.39, 0.29) is 35.4 Å². The van der Waals surface area contributed by atoms with Crippen molar-refractivity contribution in [2.75, 3.05) is 6.54 Å². The first-order valence-electron chi connectivity index (χ1n) is 9.72. The number of rotatable bonds is 8. The molecule has 1 aromatic rings. The van der Waals surface area contributed by atoms with Crippen LogP contribution in [-0.4, -0.2) is 39.0 Å². The van der Waals surface area contributed by atoms with Crippen molar-refractivity contribution >= 4 is 21.9 Å². The molecule has 3 atom stereocenters. The minimum Gasteiger partial charge on any atom is -0.449 e. The summed E-state index contributed by atoms with van der Waals surface area (Å²) in [4.78, 5) is 24.6. The van der Waals surface area contributed by atoms with E-state index in [1.165, 1.54) is 31.2 Å². The Morgan fingerprint density at radius 2 is 1.90 bits per heavy atom. The third kappa shape index (κ3) is 6.54. The van der Waals surface area contributed by atoms with Crippen LogP contribution in [0.1, 0.15) is 56.3 Å². The molecule has 158 valence electrons. The molecule has 0 radical (unpaired) electrons. The molecule has 9 heteroatoms. The average Bonchev–Trinajstić information content (AvgIpc) is 2.69. The van der Waals surface area contributed by atoms with Crippen LogP contribution in [0.2, 0.25) is 0 Å². The first-order chi connectivity index (χ1) is 13.7. The lowest BCUT2D eigenvalue weighted by Gasteiger charge is -2.30. The molecule has 1 amide bonds. The van der Waals surface area contributed by atoms with E-state index >= 15 is 0 Å². The largest absolute Gasteiger partial charge is 0.449 e. The summed E-state index contributed by atoms with van der Waals surface area (Å²) in [5.74, 6) is -0.643. The normalized spacial score (nSPS) is 20.3. The number of esters is 1. The van der Waals surface area contributed by atoms with E-state index in [9.17, 15) is 18.0 Å². The number of hydrogen-bond donors (Lipinski definition) is 2. The molecule has 2 rings (SSSR count). The lowest BCUT2D eigenvalue weighted by Crippen LogP contribution is -2.45. The number of sulfonamides is 1. The van der Waals surface area contributed by atoms with Crippen molar-refractivity contribution in [3.05, 3.63) is 29.8 Å². The van der Waals surface area contributed by atoms with Gasteiger partial charge in [-0.05, 0) is 49.9 Å². The van der Waals surface area contributed by atoms with E-state index in [4.69, 9.17) is 10.00 Å². The van der Waals surface area contributed by atoms with Crippen LogP contribution in [0.5, 0.6) is 0 Å². The average molecular weight is 422 g/mol. The van der Waals surface area contributed by atoms with Gasteiger partial charge in [0.25, 0.3) is 5.91 Å². The number of nitriles is 1. The fourth-order valence-electron chi connectivity index (χ4n) is 3.21. The van der Waals surface area contributed by atoms with E-state index in [0.717, 1.165) is 25.7 Å². The molecule has 2 N–H and O–H groups in total. The Kier molecular flexibility index (Phi) is 8.17. The molecule has 1 saturated carbocycles. The zero-order valence-electron chi connectivity index (χ0n) is 16.7. The van der Waals surface area contributed by atoms with Gasteiger partial charge in [-0.25, -0.2) is 17.9 Å². The van der Waals surface area contributed by atoms with Crippen LogP contribution in [0.3, 0.4) is 0 Å². The van der Waals surface area contributed by atoms with Crippen LogP contribution >= 0.6 is 0 Å². The fourth-order valence-corrected chi connectivity index (χ4v) is 4.24. The summed E-state index contributed by atoms with van der Waals surface area (Å²) in [5, 5.41) is 11.4. The number of ether oxygens (including phenoxy) is 1. The summed E-state index contributed by atoms with van der Waals surface area (Å²) in [7, 11) is -3.75. The Bertz CT molecular complexity index is 861. The molecule has 8 nitrogen and oxygen atoms in total. The van der Waals surface area contributed by atoms with Crippen molar-refractivity contribution in [1.29, 1.82) is 5.26 Å². The van der Waals surface area contributed by atoms with Gasteiger partial charge >= 0.3 is 5.97 Å². The Morgan fingerprint density at radius 1 is 1.24 bits per heavy atom. The van der Waals surface area contributed by atoms with Crippen LogP contribution in [0.25, 0.3) is 0 Å². The molecule has 0 spiro atoms. The third-order valence-corrected chi connectivity index (χ3v) is 6.50. The molecular formula is C20H27N3O5S. The quantitative estimate of drug-likeness (QED) is 0.489. The Labute approximate surface area is 171 Å². The fraction of sp³-hybridized carbons (Fsp3) is 0.550. The molecule has 0 bridgehead atoms. The standard InChI is InChI=1S/C20H27N3O5S/c1-14-6-3-4-7-18(14)23-19(24)15(2)28-20(25)16-8-10-17(11-9-16)29(26,27)22-13-5-12-21/h8-11,14-15,18,22H,3-7,13H2,1-2H3,(H,23,24)/t14-,15-,18-/m1/s1. The molecule has 0 heterocycles. The molecule has 0 saturated heterocycles. The summed E-state index contributed by atoms with van der Waals surface area (Å²) in [5.41, 5.74) is 0.145. The third-order valence-electron chi connectivity index (χ3n) is 5.02. The molecule has 1 fully saturated rings. The highest BCUT2D eigenvalue weighted by Gasteiger charge is 2.26. The lowest BCUT2D eigenvalue weighted by atomic mass is 9.86. The second kappa shape index (κ2) is 10.4. The van der Waals surface area contributed by atoms with Gasteiger partial charge in [-0.3, -0.25) is 4.79 Å². The van der Waals surface area contributed by atoms with Crippen molar-refractivity contribution in [1.82, 2.24) is 10.0 Å². The zero-order valence-corrected chi connectivity index (χ0v) is 17.5. The zero-order chi connectivity index (χ0) is 21.4. The smallest absolute Gasteiger partial charge is 0.338 e. The number of amides is 1. The Morgan fingerprint density at radius 3 is 2.52 bits per heavy atom. The number of nitrogens with one attached hydrogen (secondary N) is 2. The van der Waals surface area contributed by atoms with Gasteiger partial charge in [0.15, 0.2) is 6.10 Å². The van der Waals surface area contributed by atoms with Gasteiger partial charge in [0.05, 0.1) is 16.5 Å². The molecule has 1 aliphatic rings. The summed E-state index contributed by atoms with van der Waals surface area (Å²) >= 11 is 0. The topological polar surface area (TPSA) is 125 Å². The van der Waals surface area contributed by atoms with Gasteiger partial charge in [-0.2, -0.15) is 5.26 Å². The van der Waals surface area contributed by atoms with E-state index in [1.807, 2.05) is 6.07 Å². The monoisotopic (exact) mass is 421 g/mol. The van der Waals surface area contributed by atoms with Crippen molar-refractivity contribution in [3.8, 4) is 6.07 Å². The number of carbonyl (C=O) groups excluding carboxylic acids is 2. The summed E-state index contributed by atoms with van der Waals surface area (Å²) in [6.07, 6.45) is 3.34. The number of hydrogen-bond acceptors (Lipinski definition) is 6. The molecule has 29 heavy (non-hydrogen) atoms. The van der Waals surface area contributed by atoms with Gasteiger partial charge in [0, 0.05) is 19.0 Å². The molecule has 0 unspecified atom stereocenters. The van der Waals surface area contributed by atoms with Crippen molar-refractivity contribution in [3.63, 3.8) is 0 Å². The Hall–Kier alpha value is -2.44. The minimum atomic E-state index is -3.75. The predicted octanol–water partition coefficient (Wildman–Crippen LogP) is 2.12.